The van der Waals surface area contributed by atoms with Gasteiger partial charge >= 0.3 is 5.97 Å². The van der Waals surface area contributed by atoms with Gasteiger partial charge in [-0.2, -0.15) is 0 Å². The number of imidazole rings is 1. The molecule has 1 N–H and O–H groups in total. The highest BCUT2D eigenvalue weighted by Gasteiger charge is 2.09. The maximum Gasteiger partial charge on any atom is 0.356 e. The van der Waals surface area contributed by atoms with Gasteiger partial charge in [0.1, 0.15) is 11.5 Å². The first-order chi connectivity index (χ1) is 7.79. The van der Waals surface area contributed by atoms with Gasteiger partial charge in [-0.1, -0.05) is 6.07 Å². The zero-order chi connectivity index (χ0) is 11.4. The van der Waals surface area contributed by atoms with E-state index in [4.69, 9.17) is 0 Å². The maximum absolute atomic E-state index is 11.2. The van der Waals surface area contributed by atoms with E-state index in [0.717, 1.165) is 5.69 Å². The van der Waals surface area contributed by atoms with Gasteiger partial charge in [0.15, 0.2) is 0 Å². The molecule has 0 aromatic carbocycles. The number of hydrogen-bond donors (Lipinski definition) is 1. The van der Waals surface area contributed by atoms with Crippen LogP contribution in [0.2, 0.25) is 0 Å². The lowest BCUT2D eigenvalue weighted by molar-refractivity contribution is 0.0594. The van der Waals surface area contributed by atoms with Crippen LogP contribution in [-0.2, 0) is 11.2 Å². The number of hydrogen-bond acceptors (Lipinski definition) is 4. The number of aromatic amines is 1. The minimum atomic E-state index is -0.417. The fourth-order valence-corrected chi connectivity index (χ4v) is 1.34. The van der Waals surface area contributed by atoms with Crippen molar-refractivity contribution in [2.45, 2.75) is 6.42 Å². The molecule has 0 fully saturated rings. The fourth-order valence-electron chi connectivity index (χ4n) is 1.34. The number of methoxy groups -OCH3 is 1. The summed E-state index contributed by atoms with van der Waals surface area (Å²) in [6, 6.07) is 5.67. The molecule has 5 nitrogen and oxygen atoms in total. The highest BCUT2D eigenvalue weighted by molar-refractivity contribution is 5.86. The smallest absolute Gasteiger partial charge is 0.356 e. The highest BCUT2D eigenvalue weighted by atomic mass is 16.5. The van der Waals surface area contributed by atoms with Crippen LogP contribution in [0.5, 0.6) is 0 Å². The second-order valence-electron chi connectivity index (χ2n) is 3.23. The minimum absolute atomic E-state index is 0.355. The SMILES string of the molecule is COC(=O)c1cnc(Cc2ccccn2)[nH]1. The van der Waals surface area contributed by atoms with Crippen LogP contribution >= 0.6 is 0 Å². The fraction of sp³-hybridized carbons (Fsp3) is 0.182. The molecule has 0 saturated heterocycles. The minimum Gasteiger partial charge on any atom is -0.464 e. The Morgan fingerprint density at radius 2 is 2.31 bits per heavy atom. The molecule has 0 radical (unpaired) electrons. The number of H-pyrrole nitrogens is 1. The first-order valence-electron chi connectivity index (χ1n) is 4.81. The van der Waals surface area contributed by atoms with E-state index < -0.39 is 5.97 Å². The summed E-state index contributed by atoms with van der Waals surface area (Å²) in [4.78, 5) is 22.3. The molecular formula is C11H11N3O2. The average molecular weight is 217 g/mol. The van der Waals surface area contributed by atoms with Crippen LogP contribution in [-0.4, -0.2) is 28.0 Å². The number of rotatable bonds is 3. The first kappa shape index (κ1) is 10.4. The molecule has 2 aromatic rings. The van der Waals surface area contributed by atoms with Gasteiger partial charge in [0, 0.05) is 18.3 Å². The van der Waals surface area contributed by atoms with Crippen molar-refractivity contribution >= 4 is 5.97 Å². The van der Waals surface area contributed by atoms with Crippen molar-refractivity contribution in [1.29, 1.82) is 0 Å². The number of esters is 1. The number of carbonyl (C=O) groups excluding carboxylic acids is 1. The molecule has 2 aromatic heterocycles. The summed E-state index contributed by atoms with van der Waals surface area (Å²) in [7, 11) is 1.33. The molecule has 16 heavy (non-hydrogen) atoms. The number of pyridine rings is 1. The molecular weight excluding hydrogens is 206 g/mol. The normalized spacial score (nSPS) is 10.1. The lowest BCUT2D eigenvalue weighted by Gasteiger charge is -1.96. The highest BCUT2D eigenvalue weighted by Crippen LogP contribution is 2.04. The summed E-state index contributed by atoms with van der Waals surface area (Å²) in [5.74, 6) is 0.277. The van der Waals surface area contributed by atoms with Crippen LogP contribution in [0.3, 0.4) is 0 Å². The lowest BCUT2D eigenvalue weighted by Crippen LogP contribution is -2.01. The van der Waals surface area contributed by atoms with E-state index >= 15 is 0 Å². The van der Waals surface area contributed by atoms with Gasteiger partial charge in [0.25, 0.3) is 0 Å². The molecule has 2 heterocycles. The number of nitrogens with zero attached hydrogens (tertiary/aromatic N) is 2. The van der Waals surface area contributed by atoms with Crippen molar-refractivity contribution in [3.05, 3.63) is 47.8 Å². The maximum atomic E-state index is 11.2. The topological polar surface area (TPSA) is 67.9 Å². The van der Waals surface area contributed by atoms with Crippen LogP contribution in [0.4, 0.5) is 0 Å². The molecule has 0 aliphatic heterocycles. The van der Waals surface area contributed by atoms with Crippen molar-refractivity contribution in [2.75, 3.05) is 7.11 Å². The van der Waals surface area contributed by atoms with Crippen LogP contribution in [0.15, 0.2) is 30.6 Å². The standard InChI is InChI=1S/C11H11N3O2/c1-16-11(15)9-7-13-10(14-9)6-8-4-2-3-5-12-8/h2-5,7H,6H2,1H3,(H,13,14). The number of aromatic nitrogens is 3. The molecule has 0 aliphatic rings. The van der Waals surface area contributed by atoms with Gasteiger partial charge in [0.2, 0.25) is 0 Å². The Morgan fingerprint density at radius 1 is 1.44 bits per heavy atom. The lowest BCUT2D eigenvalue weighted by atomic mass is 10.3. The van der Waals surface area contributed by atoms with E-state index in [0.29, 0.717) is 17.9 Å². The molecule has 2 rings (SSSR count). The van der Waals surface area contributed by atoms with E-state index in [-0.39, 0.29) is 0 Å². The molecule has 0 aliphatic carbocycles. The van der Waals surface area contributed by atoms with E-state index in [1.807, 2.05) is 18.2 Å². The van der Waals surface area contributed by atoms with E-state index in [9.17, 15) is 4.79 Å². The number of nitrogens with one attached hydrogen (secondary N) is 1. The van der Waals surface area contributed by atoms with Crippen LogP contribution in [0, 0.1) is 0 Å². The summed E-state index contributed by atoms with van der Waals surface area (Å²) in [6.07, 6.45) is 3.75. The zero-order valence-corrected chi connectivity index (χ0v) is 8.80. The van der Waals surface area contributed by atoms with E-state index in [1.165, 1.54) is 13.3 Å². The predicted octanol–water partition coefficient (Wildman–Crippen LogP) is 1.18. The van der Waals surface area contributed by atoms with E-state index in [2.05, 4.69) is 19.7 Å². The van der Waals surface area contributed by atoms with Crippen molar-refractivity contribution < 1.29 is 9.53 Å². The van der Waals surface area contributed by atoms with Gasteiger partial charge in [-0.25, -0.2) is 9.78 Å². The third kappa shape index (κ3) is 2.25. The zero-order valence-electron chi connectivity index (χ0n) is 8.80. The van der Waals surface area contributed by atoms with Gasteiger partial charge in [-0.3, -0.25) is 4.98 Å². The summed E-state index contributed by atoms with van der Waals surface area (Å²) in [6.45, 7) is 0. The molecule has 0 bridgehead atoms. The molecule has 5 heteroatoms. The van der Waals surface area contributed by atoms with Gasteiger partial charge < -0.3 is 9.72 Å². The third-order valence-electron chi connectivity index (χ3n) is 2.11. The van der Waals surface area contributed by atoms with Crippen molar-refractivity contribution in [3.8, 4) is 0 Å². The Bertz CT molecular complexity index is 479. The summed E-state index contributed by atoms with van der Waals surface area (Å²) in [5, 5.41) is 0. The van der Waals surface area contributed by atoms with Crippen molar-refractivity contribution in [1.82, 2.24) is 15.0 Å². The van der Waals surface area contributed by atoms with Gasteiger partial charge in [-0.05, 0) is 12.1 Å². The quantitative estimate of drug-likeness (QED) is 0.784. The van der Waals surface area contributed by atoms with Crippen molar-refractivity contribution in [3.63, 3.8) is 0 Å². The molecule has 82 valence electrons. The second kappa shape index (κ2) is 4.57. The molecule has 0 amide bonds. The molecule has 0 saturated carbocycles. The summed E-state index contributed by atoms with van der Waals surface area (Å²) in [5.41, 5.74) is 1.25. The van der Waals surface area contributed by atoms with Gasteiger partial charge in [0.05, 0.1) is 13.3 Å². The van der Waals surface area contributed by atoms with Crippen LogP contribution in [0.1, 0.15) is 22.0 Å². The Labute approximate surface area is 92.5 Å². The van der Waals surface area contributed by atoms with Crippen LogP contribution in [0.25, 0.3) is 0 Å². The Hall–Kier alpha value is -2.17. The Kier molecular flexibility index (Phi) is 2.95. The molecule has 0 unspecified atom stereocenters. The Morgan fingerprint density at radius 3 is 3.00 bits per heavy atom. The summed E-state index contributed by atoms with van der Waals surface area (Å²) >= 11 is 0. The summed E-state index contributed by atoms with van der Waals surface area (Å²) < 4.78 is 4.57. The number of ether oxygens (including phenoxy) is 1. The third-order valence-corrected chi connectivity index (χ3v) is 2.11. The van der Waals surface area contributed by atoms with Gasteiger partial charge in [-0.15, -0.1) is 0 Å². The molecule has 0 atom stereocenters. The number of carbonyl (C=O) groups is 1. The van der Waals surface area contributed by atoms with Crippen molar-refractivity contribution in [2.24, 2.45) is 0 Å². The Balaban J connectivity index is 2.12. The monoisotopic (exact) mass is 217 g/mol. The predicted molar refractivity (Wildman–Crippen MR) is 57.0 cm³/mol. The van der Waals surface area contributed by atoms with E-state index in [1.54, 1.807) is 6.20 Å². The molecule has 0 spiro atoms. The first-order valence-corrected chi connectivity index (χ1v) is 4.81. The largest absolute Gasteiger partial charge is 0.464 e. The average Bonchev–Trinajstić information content (AvgIpc) is 2.78. The van der Waals surface area contributed by atoms with Crippen LogP contribution < -0.4 is 0 Å². The second-order valence-corrected chi connectivity index (χ2v) is 3.23.